The summed E-state index contributed by atoms with van der Waals surface area (Å²) in [6, 6.07) is 0. The summed E-state index contributed by atoms with van der Waals surface area (Å²) in [7, 11) is 0. The summed E-state index contributed by atoms with van der Waals surface area (Å²) in [5.41, 5.74) is 0. The number of alkyl halides is 4. The zero-order valence-electron chi connectivity index (χ0n) is 2.51. The van der Waals surface area contributed by atoms with Crippen LogP contribution in [0.1, 0.15) is 0 Å². The molecule has 0 N–H and O–H groups in total. The first kappa shape index (κ1) is 10.8. The first-order chi connectivity index (χ1) is 2.00. The Bertz CT molecular complexity index is 23.0. The molecule has 0 spiro atoms. The van der Waals surface area contributed by atoms with Crippen LogP contribution in [0, 0.1) is 0 Å². The van der Waals surface area contributed by atoms with Crippen LogP contribution in [0.15, 0.2) is 0 Å². The Hall–Kier alpha value is 1.87. The molecule has 0 bridgehead atoms. The van der Waals surface area contributed by atoms with Crippen molar-refractivity contribution in [3.63, 3.8) is 0 Å². The molecule has 0 saturated carbocycles. The maximum Gasteiger partial charge on any atom is 0.266 e. The standard InChI is InChI=1S/CCl4.Ti/c2-1(3,4)5;. The van der Waals surface area contributed by atoms with E-state index in [1.54, 1.807) is 0 Å². The van der Waals surface area contributed by atoms with Crippen LogP contribution in [0.4, 0.5) is 0 Å². The van der Waals surface area contributed by atoms with Gasteiger partial charge in [0, 0.05) is 21.7 Å². The summed E-state index contributed by atoms with van der Waals surface area (Å²) < 4.78 is -1.61. The molecule has 0 rings (SSSR count). The summed E-state index contributed by atoms with van der Waals surface area (Å²) in [6.45, 7) is 0. The van der Waals surface area contributed by atoms with Gasteiger partial charge in [0.25, 0.3) is 3.25 Å². The van der Waals surface area contributed by atoms with Crippen LogP contribution in [0.3, 0.4) is 0 Å². The Kier molecular flexibility index (Phi) is 6.88. The fourth-order valence-corrected chi connectivity index (χ4v) is 0. The van der Waals surface area contributed by atoms with Crippen molar-refractivity contribution in [2.24, 2.45) is 0 Å². The monoisotopic (exact) mass is 200 g/mol. The molecular formula is CCl4Ti. The van der Waals surface area contributed by atoms with E-state index in [0.717, 1.165) is 0 Å². The Morgan fingerprint density at radius 2 is 0.833 bits per heavy atom. The number of hydrogen-bond donors (Lipinski definition) is 0. The third-order valence-corrected chi connectivity index (χ3v) is 0. The van der Waals surface area contributed by atoms with Crippen molar-refractivity contribution in [3.8, 4) is 0 Å². The third kappa shape index (κ3) is 39.7. The zero-order chi connectivity index (χ0) is 4.50. The van der Waals surface area contributed by atoms with E-state index in [1.807, 2.05) is 0 Å². The van der Waals surface area contributed by atoms with Gasteiger partial charge in [-0.05, 0) is 0 Å². The summed E-state index contributed by atoms with van der Waals surface area (Å²) in [6.07, 6.45) is 0. The van der Waals surface area contributed by atoms with Gasteiger partial charge in [0.15, 0.2) is 0 Å². The van der Waals surface area contributed by atoms with Crippen molar-refractivity contribution in [1.82, 2.24) is 0 Å². The summed E-state index contributed by atoms with van der Waals surface area (Å²) >= 11 is 19.3. The average molecular weight is 202 g/mol. The molecule has 0 aliphatic carbocycles. The van der Waals surface area contributed by atoms with Crippen LogP contribution in [-0.4, -0.2) is 3.25 Å². The molecule has 0 aliphatic rings. The topological polar surface area (TPSA) is 0 Å². The molecule has 6 heavy (non-hydrogen) atoms. The zero-order valence-corrected chi connectivity index (χ0v) is 7.10. The quantitative estimate of drug-likeness (QED) is 0.418. The average Bonchev–Trinajstić information content (AvgIpc) is 0.722. The minimum Gasteiger partial charge on any atom is -0.0664 e. The van der Waals surface area contributed by atoms with Gasteiger partial charge in [-0.2, -0.15) is 0 Å². The number of hydrogen-bond acceptors (Lipinski definition) is 0. The smallest absolute Gasteiger partial charge is 0.0664 e. The molecule has 0 atom stereocenters. The van der Waals surface area contributed by atoms with Crippen molar-refractivity contribution < 1.29 is 21.7 Å². The summed E-state index contributed by atoms with van der Waals surface area (Å²) in [5.74, 6) is 0. The van der Waals surface area contributed by atoms with Gasteiger partial charge in [0.1, 0.15) is 0 Å². The SMILES string of the molecule is ClC(Cl)(Cl)Cl.[Ti]. The molecule has 0 aromatic carbocycles. The van der Waals surface area contributed by atoms with Crippen LogP contribution in [-0.2, 0) is 21.7 Å². The maximum absolute atomic E-state index is 4.83. The van der Waals surface area contributed by atoms with E-state index < -0.39 is 3.25 Å². The molecule has 0 radical (unpaired) electrons. The molecule has 0 amide bonds. The Morgan fingerprint density at radius 3 is 0.833 bits per heavy atom. The molecule has 0 aliphatic heterocycles. The molecule has 0 fully saturated rings. The van der Waals surface area contributed by atoms with E-state index in [0.29, 0.717) is 0 Å². The van der Waals surface area contributed by atoms with Crippen molar-refractivity contribution in [3.05, 3.63) is 0 Å². The first-order valence-electron chi connectivity index (χ1n) is 0.756. The maximum atomic E-state index is 4.83. The molecule has 0 aromatic heterocycles. The third-order valence-electron chi connectivity index (χ3n) is 0. The van der Waals surface area contributed by atoms with Crippen LogP contribution < -0.4 is 0 Å². The molecule has 5 heteroatoms. The second-order valence-electron chi connectivity index (χ2n) is 0.429. The van der Waals surface area contributed by atoms with Crippen molar-refractivity contribution in [2.75, 3.05) is 0 Å². The molecule has 0 nitrogen and oxygen atoms in total. The van der Waals surface area contributed by atoms with Gasteiger partial charge in [-0.25, -0.2) is 0 Å². The van der Waals surface area contributed by atoms with E-state index in [4.69, 9.17) is 46.4 Å². The van der Waals surface area contributed by atoms with Gasteiger partial charge in [-0.3, -0.25) is 0 Å². The van der Waals surface area contributed by atoms with Gasteiger partial charge in [0.2, 0.25) is 0 Å². The Labute approximate surface area is 71.0 Å². The van der Waals surface area contributed by atoms with E-state index in [2.05, 4.69) is 0 Å². The largest absolute Gasteiger partial charge is 0.266 e. The van der Waals surface area contributed by atoms with Crippen molar-refractivity contribution in [1.29, 1.82) is 0 Å². The van der Waals surface area contributed by atoms with Crippen molar-refractivity contribution in [2.45, 2.75) is 3.25 Å². The van der Waals surface area contributed by atoms with Crippen LogP contribution >= 0.6 is 46.4 Å². The van der Waals surface area contributed by atoms with E-state index in [-0.39, 0.29) is 21.7 Å². The summed E-state index contributed by atoms with van der Waals surface area (Å²) in [4.78, 5) is 0. The predicted octanol–water partition coefficient (Wildman–Crippen LogP) is 2.55. The van der Waals surface area contributed by atoms with Gasteiger partial charge in [-0.1, -0.05) is 46.4 Å². The Morgan fingerprint density at radius 1 is 0.833 bits per heavy atom. The second kappa shape index (κ2) is 3.83. The van der Waals surface area contributed by atoms with Gasteiger partial charge >= 0.3 is 0 Å². The summed E-state index contributed by atoms with van der Waals surface area (Å²) in [5, 5.41) is 0. The first-order valence-corrected chi connectivity index (χ1v) is 2.27. The van der Waals surface area contributed by atoms with Crippen LogP contribution in [0.5, 0.6) is 0 Å². The normalized spacial score (nSPS) is 10.0. The van der Waals surface area contributed by atoms with E-state index in [9.17, 15) is 0 Å². The van der Waals surface area contributed by atoms with Gasteiger partial charge in [0.05, 0.1) is 0 Å². The molecule has 0 unspecified atom stereocenters. The number of rotatable bonds is 0. The second-order valence-corrected chi connectivity index (χ2v) is 3.86. The molecule has 0 heterocycles. The fourth-order valence-electron chi connectivity index (χ4n) is 0. The molecule has 36 valence electrons. The number of halogens is 4. The predicted molar refractivity (Wildman–Crippen MR) is 26.1 cm³/mol. The van der Waals surface area contributed by atoms with Gasteiger partial charge in [-0.15, -0.1) is 0 Å². The van der Waals surface area contributed by atoms with Gasteiger partial charge < -0.3 is 0 Å². The molecule has 0 aromatic rings. The van der Waals surface area contributed by atoms with Crippen molar-refractivity contribution >= 4 is 46.4 Å². The minimum atomic E-state index is -1.61. The Balaban J connectivity index is 0. The molecule has 0 saturated heterocycles. The van der Waals surface area contributed by atoms with E-state index in [1.165, 1.54) is 0 Å². The minimum absolute atomic E-state index is 0. The molecular weight excluding hydrogens is 202 g/mol. The van der Waals surface area contributed by atoms with Crippen LogP contribution in [0.2, 0.25) is 0 Å². The fraction of sp³-hybridized carbons (Fsp3) is 1.00. The van der Waals surface area contributed by atoms with E-state index >= 15 is 0 Å². The van der Waals surface area contributed by atoms with Crippen LogP contribution in [0.25, 0.3) is 0 Å².